The summed E-state index contributed by atoms with van der Waals surface area (Å²) in [4.78, 5) is 10.8. The molecule has 0 aliphatic heterocycles. The molecule has 0 amide bonds. The van der Waals surface area contributed by atoms with Crippen molar-refractivity contribution in [3.05, 3.63) is 12.2 Å². The zero-order valence-corrected chi connectivity index (χ0v) is 13.9. The largest absolute Gasteiger partial charge is 0.283 e. The molecule has 0 aromatic heterocycles. The number of nitrogens with zero attached hydrogens (tertiary/aromatic N) is 1. The number of ketones is 1. The molecule has 0 aromatic rings. The summed E-state index contributed by atoms with van der Waals surface area (Å²) < 4.78 is 0. The lowest BCUT2D eigenvalue weighted by Gasteiger charge is -1.99. The van der Waals surface area contributed by atoms with E-state index in [4.69, 9.17) is 5.26 Å². The lowest BCUT2D eigenvalue weighted by atomic mass is 10.1. The van der Waals surface area contributed by atoms with Crippen LogP contribution in [0.2, 0.25) is 0 Å². The summed E-state index contributed by atoms with van der Waals surface area (Å²) in [6, 6.07) is 1.67. The van der Waals surface area contributed by atoms with Gasteiger partial charge < -0.3 is 0 Å². The first-order valence-electron chi connectivity index (χ1n) is 8.89. The van der Waals surface area contributed by atoms with Gasteiger partial charge in [-0.15, -0.1) is 0 Å². The molecule has 0 spiro atoms. The number of carbonyl (C=O) groups excluding carboxylic acids is 1. The number of allylic oxidation sites excluding steroid dienone is 2. The molecule has 21 heavy (non-hydrogen) atoms. The molecule has 0 unspecified atom stereocenters. The van der Waals surface area contributed by atoms with E-state index < -0.39 is 0 Å². The van der Waals surface area contributed by atoms with Crippen LogP contribution in [0.5, 0.6) is 0 Å². The first-order valence-corrected chi connectivity index (χ1v) is 8.89. The lowest BCUT2D eigenvalue weighted by molar-refractivity contribution is -0.114. The van der Waals surface area contributed by atoms with Crippen molar-refractivity contribution in [1.82, 2.24) is 0 Å². The summed E-state index contributed by atoms with van der Waals surface area (Å²) in [5, 5.41) is 8.34. The summed E-state index contributed by atoms with van der Waals surface area (Å²) in [6.45, 7) is 2.26. The monoisotopic (exact) mass is 291 g/mol. The molecule has 0 bridgehead atoms. The predicted octanol–water partition coefficient (Wildman–Crippen LogP) is 6.12. The summed E-state index contributed by atoms with van der Waals surface area (Å²) in [5.74, 6) is -0.271. The van der Waals surface area contributed by atoms with E-state index in [1.54, 1.807) is 6.07 Å². The van der Waals surface area contributed by atoms with Crippen molar-refractivity contribution in [2.45, 2.75) is 96.8 Å². The van der Waals surface area contributed by atoms with Crippen molar-refractivity contribution in [3.63, 3.8) is 0 Å². The second-order valence-corrected chi connectivity index (χ2v) is 5.87. The average molecular weight is 291 g/mol. The van der Waals surface area contributed by atoms with Crippen LogP contribution in [0.15, 0.2) is 12.2 Å². The molecule has 0 aliphatic carbocycles. The van der Waals surface area contributed by atoms with Crippen LogP contribution in [0.1, 0.15) is 96.8 Å². The fourth-order valence-corrected chi connectivity index (χ4v) is 2.41. The van der Waals surface area contributed by atoms with Gasteiger partial charge in [0.25, 0.3) is 0 Å². The van der Waals surface area contributed by atoms with Crippen LogP contribution in [0, 0.1) is 11.3 Å². The van der Waals surface area contributed by atoms with E-state index in [-0.39, 0.29) is 5.78 Å². The van der Waals surface area contributed by atoms with Gasteiger partial charge in [0, 0.05) is 6.42 Å². The van der Waals surface area contributed by atoms with Crippen LogP contribution in [0.3, 0.4) is 0 Å². The fraction of sp³-hybridized carbons (Fsp3) is 0.789. The molecule has 0 fully saturated rings. The van der Waals surface area contributed by atoms with Crippen LogP contribution >= 0.6 is 0 Å². The zero-order valence-electron chi connectivity index (χ0n) is 13.9. The van der Waals surface area contributed by atoms with Crippen LogP contribution < -0.4 is 0 Å². The topological polar surface area (TPSA) is 40.9 Å². The van der Waals surface area contributed by atoms with Gasteiger partial charge in [-0.2, -0.15) is 5.26 Å². The Morgan fingerprint density at radius 2 is 1.29 bits per heavy atom. The average Bonchev–Trinajstić information content (AvgIpc) is 2.50. The van der Waals surface area contributed by atoms with Gasteiger partial charge in [-0.3, -0.25) is 4.79 Å². The Morgan fingerprint density at radius 1 is 0.810 bits per heavy atom. The van der Waals surface area contributed by atoms with Crippen molar-refractivity contribution in [2.24, 2.45) is 0 Å². The molecule has 0 rings (SSSR count). The molecule has 2 heteroatoms. The van der Waals surface area contributed by atoms with Crippen molar-refractivity contribution >= 4 is 5.78 Å². The molecule has 0 radical (unpaired) electrons. The van der Waals surface area contributed by atoms with Gasteiger partial charge in [0.2, 0.25) is 5.78 Å². The van der Waals surface area contributed by atoms with Gasteiger partial charge in [0.15, 0.2) is 0 Å². The number of rotatable bonds is 15. The van der Waals surface area contributed by atoms with Crippen LogP contribution in [0.25, 0.3) is 0 Å². The predicted molar refractivity (Wildman–Crippen MR) is 90.1 cm³/mol. The van der Waals surface area contributed by atoms with Gasteiger partial charge in [-0.25, -0.2) is 0 Å². The number of unbranched alkanes of at least 4 members (excludes halogenated alkanes) is 11. The first kappa shape index (κ1) is 19.9. The Bertz CT molecular complexity index is 301. The highest BCUT2D eigenvalue weighted by molar-refractivity contribution is 5.93. The number of hydrogen-bond acceptors (Lipinski definition) is 2. The molecular formula is C19H33NO. The van der Waals surface area contributed by atoms with E-state index in [0.717, 1.165) is 12.8 Å². The highest BCUT2D eigenvalue weighted by atomic mass is 16.1. The highest BCUT2D eigenvalue weighted by Crippen LogP contribution is 2.09. The van der Waals surface area contributed by atoms with Gasteiger partial charge >= 0.3 is 0 Å². The Balaban J connectivity index is 3.12. The van der Waals surface area contributed by atoms with E-state index >= 15 is 0 Å². The van der Waals surface area contributed by atoms with Gasteiger partial charge in [-0.05, 0) is 32.1 Å². The molecule has 0 heterocycles. The summed E-state index contributed by atoms with van der Waals surface area (Å²) in [7, 11) is 0. The highest BCUT2D eigenvalue weighted by Gasteiger charge is 1.97. The van der Waals surface area contributed by atoms with Gasteiger partial charge in [0.1, 0.15) is 6.07 Å². The van der Waals surface area contributed by atoms with E-state index in [2.05, 4.69) is 19.1 Å². The maximum absolute atomic E-state index is 10.8. The van der Waals surface area contributed by atoms with E-state index in [9.17, 15) is 4.79 Å². The Hall–Kier alpha value is -1.10. The standard InChI is InChI=1S/C19H33NO/c1-2-3-4-5-6-7-8-9-10-11-12-13-14-15-16-17-19(21)18-20/h9-10H,2-8,11-17H2,1H3. The normalized spacial score (nSPS) is 10.9. The first-order chi connectivity index (χ1) is 10.3. The van der Waals surface area contributed by atoms with Crippen molar-refractivity contribution in [3.8, 4) is 6.07 Å². The Kier molecular flexibility index (Phi) is 16.1. The third-order valence-corrected chi connectivity index (χ3v) is 3.79. The van der Waals surface area contributed by atoms with Crippen LogP contribution in [0.4, 0.5) is 0 Å². The quantitative estimate of drug-likeness (QED) is 0.207. The second kappa shape index (κ2) is 17.0. The van der Waals surface area contributed by atoms with Crippen LogP contribution in [-0.2, 0) is 4.79 Å². The maximum atomic E-state index is 10.8. The van der Waals surface area contributed by atoms with E-state index in [1.165, 1.54) is 70.6 Å². The minimum Gasteiger partial charge on any atom is -0.283 e. The van der Waals surface area contributed by atoms with Crippen LogP contribution in [-0.4, -0.2) is 5.78 Å². The molecule has 0 N–H and O–H groups in total. The second-order valence-electron chi connectivity index (χ2n) is 5.87. The number of carbonyl (C=O) groups is 1. The molecule has 0 saturated carbocycles. The SMILES string of the molecule is CCCCCCCCC=CCCCCCCCC(=O)C#N. The molecule has 120 valence electrons. The maximum Gasteiger partial charge on any atom is 0.231 e. The van der Waals surface area contributed by atoms with Gasteiger partial charge in [-0.1, -0.05) is 70.4 Å². The summed E-state index contributed by atoms with van der Waals surface area (Å²) in [5.41, 5.74) is 0. The van der Waals surface area contributed by atoms with E-state index in [0.29, 0.717) is 6.42 Å². The minimum absolute atomic E-state index is 0.271. The lowest BCUT2D eigenvalue weighted by Crippen LogP contribution is -1.91. The fourth-order valence-electron chi connectivity index (χ4n) is 2.41. The molecule has 0 aromatic carbocycles. The van der Waals surface area contributed by atoms with Crippen molar-refractivity contribution in [1.29, 1.82) is 5.26 Å². The van der Waals surface area contributed by atoms with Gasteiger partial charge in [0.05, 0.1) is 0 Å². The summed E-state index contributed by atoms with van der Waals surface area (Å²) in [6.07, 6.45) is 21.4. The molecular weight excluding hydrogens is 258 g/mol. The zero-order chi connectivity index (χ0) is 15.6. The molecule has 2 nitrogen and oxygen atoms in total. The Labute approximate surface area is 131 Å². The van der Waals surface area contributed by atoms with E-state index in [1.807, 2.05) is 0 Å². The number of nitriles is 1. The number of hydrogen-bond donors (Lipinski definition) is 0. The molecule has 0 saturated heterocycles. The third-order valence-electron chi connectivity index (χ3n) is 3.79. The molecule has 0 atom stereocenters. The third kappa shape index (κ3) is 16.8. The smallest absolute Gasteiger partial charge is 0.231 e. The molecule has 0 aliphatic rings. The van der Waals surface area contributed by atoms with Crippen molar-refractivity contribution < 1.29 is 4.79 Å². The van der Waals surface area contributed by atoms with Crippen molar-refractivity contribution in [2.75, 3.05) is 0 Å². The number of Topliss-reactive ketones (excluding diaryl/α,β-unsaturated/α-hetero) is 1. The Morgan fingerprint density at radius 3 is 1.81 bits per heavy atom. The minimum atomic E-state index is -0.271. The summed E-state index contributed by atoms with van der Waals surface area (Å²) >= 11 is 0.